The van der Waals surface area contributed by atoms with Crippen LogP contribution in [0.5, 0.6) is 0 Å². The summed E-state index contributed by atoms with van der Waals surface area (Å²) in [7, 11) is 0. The first-order valence-corrected chi connectivity index (χ1v) is 5.34. The van der Waals surface area contributed by atoms with Crippen LogP contribution in [0.4, 0.5) is 4.39 Å². The van der Waals surface area contributed by atoms with Crippen LogP contribution in [0.2, 0.25) is 0 Å². The predicted octanol–water partition coefficient (Wildman–Crippen LogP) is 3.18. The molecule has 80 valence electrons. The molecule has 0 saturated heterocycles. The summed E-state index contributed by atoms with van der Waals surface area (Å²) in [4.78, 5) is 11.9. The maximum Gasteiger partial charge on any atom is 0.200 e. The minimum Gasteiger partial charge on any atom is -0.291 e. The van der Waals surface area contributed by atoms with Crippen LogP contribution in [0.15, 0.2) is 24.3 Å². The Kier molecular flexibility index (Phi) is 2.37. The third kappa shape index (κ3) is 1.69. The maximum absolute atomic E-state index is 14.4. The van der Waals surface area contributed by atoms with E-state index in [0.717, 1.165) is 5.56 Å². The lowest BCUT2D eigenvalue weighted by molar-refractivity contribution is 0.0665. The highest BCUT2D eigenvalue weighted by molar-refractivity contribution is 6.06. The van der Waals surface area contributed by atoms with Gasteiger partial charge in [-0.15, -0.1) is 0 Å². The van der Waals surface area contributed by atoms with Crippen LogP contribution in [0, 0.1) is 5.92 Å². The standard InChI is InChI=1S/C13H15FO/c1-9(2)7-13(14)8-10-5-3-4-6-11(10)12(13)15/h3-6,9H,7-8H2,1-2H3. The zero-order valence-corrected chi connectivity index (χ0v) is 9.09. The molecule has 2 rings (SSSR count). The Morgan fingerprint density at radius 1 is 1.40 bits per heavy atom. The molecule has 0 radical (unpaired) electrons. The fourth-order valence-electron chi connectivity index (χ4n) is 2.33. The number of ketones is 1. The van der Waals surface area contributed by atoms with Gasteiger partial charge in [0.25, 0.3) is 0 Å². The number of Topliss-reactive ketones (excluding diaryl/α,β-unsaturated/α-hetero) is 1. The lowest BCUT2D eigenvalue weighted by Crippen LogP contribution is -2.32. The van der Waals surface area contributed by atoms with Crippen LogP contribution in [0.1, 0.15) is 36.2 Å². The van der Waals surface area contributed by atoms with Crippen LogP contribution in [0.3, 0.4) is 0 Å². The van der Waals surface area contributed by atoms with Crippen molar-refractivity contribution in [2.24, 2.45) is 5.92 Å². The molecule has 0 saturated carbocycles. The van der Waals surface area contributed by atoms with Gasteiger partial charge in [-0.05, 0) is 17.9 Å². The van der Waals surface area contributed by atoms with E-state index in [4.69, 9.17) is 0 Å². The average Bonchev–Trinajstić information content (AvgIpc) is 2.39. The van der Waals surface area contributed by atoms with E-state index in [2.05, 4.69) is 0 Å². The normalized spacial score (nSPS) is 24.7. The predicted molar refractivity (Wildman–Crippen MR) is 57.8 cm³/mol. The van der Waals surface area contributed by atoms with Gasteiger partial charge in [0.15, 0.2) is 5.67 Å². The molecule has 0 spiro atoms. The molecular weight excluding hydrogens is 191 g/mol. The number of carbonyl (C=O) groups excluding carboxylic acids is 1. The highest BCUT2D eigenvalue weighted by Crippen LogP contribution is 2.37. The second-order valence-electron chi connectivity index (χ2n) is 4.73. The van der Waals surface area contributed by atoms with Gasteiger partial charge in [-0.25, -0.2) is 4.39 Å². The summed E-state index contributed by atoms with van der Waals surface area (Å²) >= 11 is 0. The van der Waals surface area contributed by atoms with E-state index in [9.17, 15) is 9.18 Å². The van der Waals surface area contributed by atoms with E-state index in [-0.39, 0.29) is 18.1 Å². The first-order chi connectivity index (χ1) is 7.03. The highest BCUT2D eigenvalue weighted by atomic mass is 19.1. The number of carbonyl (C=O) groups is 1. The highest BCUT2D eigenvalue weighted by Gasteiger charge is 2.45. The third-order valence-corrected chi connectivity index (χ3v) is 2.87. The summed E-state index contributed by atoms with van der Waals surface area (Å²) in [5.41, 5.74) is -0.232. The SMILES string of the molecule is CC(C)CC1(F)Cc2ccccc2C1=O. The van der Waals surface area contributed by atoms with Gasteiger partial charge in [-0.2, -0.15) is 0 Å². The number of hydrogen-bond donors (Lipinski definition) is 0. The van der Waals surface area contributed by atoms with E-state index in [0.29, 0.717) is 12.0 Å². The van der Waals surface area contributed by atoms with Gasteiger partial charge >= 0.3 is 0 Å². The summed E-state index contributed by atoms with van der Waals surface area (Å²) in [5, 5.41) is 0. The van der Waals surface area contributed by atoms with Crippen molar-refractivity contribution in [2.75, 3.05) is 0 Å². The smallest absolute Gasteiger partial charge is 0.200 e. The molecule has 0 heterocycles. The molecule has 0 bridgehead atoms. The zero-order chi connectivity index (χ0) is 11.1. The number of rotatable bonds is 2. The van der Waals surface area contributed by atoms with Crippen molar-refractivity contribution in [3.63, 3.8) is 0 Å². The summed E-state index contributed by atoms with van der Waals surface area (Å²) in [6.07, 6.45) is 0.570. The monoisotopic (exact) mass is 206 g/mol. The van der Waals surface area contributed by atoms with Gasteiger partial charge in [0.05, 0.1) is 0 Å². The van der Waals surface area contributed by atoms with Crippen LogP contribution >= 0.6 is 0 Å². The maximum atomic E-state index is 14.4. The van der Waals surface area contributed by atoms with Gasteiger partial charge in [0.1, 0.15) is 0 Å². The van der Waals surface area contributed by atoms with Gasteiger partial charge in [-0.3, -0.25) is 4.79 Å². The van der Waals surface area contributed by atoms with Crippen molar-refractivity contribution in [2.45, 2.75) is 32.4 Å². The van der Waals surface area contributed by atoms with Gasteiger partial charge in [-0.1, -0.05) is 38.1 Å². The van der Waals surface area contributed by atoms with E-state index in [1.165, 1.54) is 0 Å². The molecule has 1 unspecified atom stereocenters. The molecule has 1 atom stereocenters. The van der Waals surface area contributed by atoms with Crippen LogP contribution in [-0.2, 0) is 6.42 Å². The minimum absolute atomic E-state index is 0.202. The van der Waals surface area contributed by atoms with E-state index in [1.54, 1.807) is 12.1 Å². The van der Waals surface area contributed by atoms with E-state index < -0.39 is 5.67 Å². The molecule has 1 aromatic carbocycles. The van der Waals surface area contributed by atoms with E-state index >= 15 is 0 Å². The molecule has 0 fully saturated rings. The Balaban J connectivity index is 2.34. The molecule has 0 N–H and O–H groups in total. The molecule has 0 aromatic heterocycles. The van der Waals surface area contributed by atoms with Crippen molar-refractivity contribution in [3.05, 3.63) is 35.4 Å². The molecule has 1 aliphatic carbocycles. The number of benzene rings is 1. The molecule has 1 aromatic rings. The average molecular weight is 206 g/mol. The first kappa shape index (κ1) is 10.3. The summed E-state index contributed by atoms with van der Waals surface area (Å²) in [5.74, 6) is -0.125. The number of fused-ring (bicyclic) bond motifs is 1. The molecular formula is C13H15FO. The summed E-state index contributed by atoms with van der Waals surface area (Å²) in [6, 6.07) is 7.21. The Labute approximate surface area is 89.3 Å². The van der Waals surface area contributed by atoms with Crippen molar-refractivity contribution in [3.8, 4) is 0 Å². The minimum atomic E-state index is -1.65. The first-order valence-electron chi connectivity index (χ1n) is 5.34. The zero-order valence-electron chi connectivity index (χ0n) is 9.09. The Hall–Kier alpha value is -1.18. The third-order valence-electron chi connectivity index (χ3n) is 2.87. The van der Waals surface area contributed by atoms with Gasteiger partial charge in [0.2, 0.25) is 5.78 Å². The fraction of sp³-hybridized carbons (Fsp3) is 0.462. The molecule has 0 amide bonds. The second kappa shape index (κ2) is 3.44. The fourth-order valence-corrected chi connectivity index (χ4v) is 2.33. The van der Waals surface area contributed by atoms with Crippen molar-refractivity contribution in [1.82, 2.24) is 0 Å². The topological polar surface area (TPSA) is 17.1 Å². The van der Waals surface area contributed by atoms with Gasteiger partial charge in [0, 0.05) is 12.0 Å². The molecule has 1 nitrogen and oxygen atoms in total. The number of alkyl halides is 1. The van der Waals surface area contributed by atoms with Crippen LogP contribution < -0.4 is 0 Å². The molecule has 15 heavy (non-hydrogen) atoms. The van der Waals surface area contributed by atoms with E-state index in [1.807, 2.05) is 26.0 Å². The Morgan fingerprint density at radius 2 is 2.07 bits per heavy atom. The van der Waals surface area contributed by atoms with Gasteiger partial charge < -0.3 is 0 Å². The quantitative estimate of drug-likeness (QED) is 0.726. The Bertz CT molecular complexity index is 397. The number of hydrogen-bond acceptors (Lipinski definition) is 1. The van der Waals surface area contributed by atoms with Crippen molar-refractivity contribution in [1.29, 1.82) is 0 Å². The molecule has 1 aliphatic rings. The second-order valence-corrected chi connectivity index (χ2v) is 4.73. The lowest BCUT2D eigenvalue weighted by Gasteiger charge is -2.19. The largest absolute Gasteiger partial charge is 0.291 e. The molecule has 0 aliphatic heterocycles. The summed E-state index contributed by atoms with van der Waals surface area (Å²) < 4.78 is 14.4. The van der Waals surface area contributed by atoms with Crippen molar-refractivity contribution < 1.29 is 9.18 Å². The van der Waals surface area contributed by atoms with Crippen LogP contribution in [0.25, 0.3) is 0 Å². The van der Waals surface area contributed by atoms with Crippen molar-refractivity contribution >= 4 is 5.78 Å². The Morgan fingerprint density at radius 3 is 2.67 bits per heavy atom. The summed E-state index contributed by atoms with van der Waals surface area (Å²) in [6.45, 7) is 3.88. The molecule has 2 heteroatoms. The lowest BCUT2D eigenvalue weighted by atomic mass is 9.90. The van der Waals surface area contributed by atoms with Crippen LogP contribution in [-0.4, -0.2) is 11.5 Å². The number of halogens is 1.